The predicted octanol–water partition coefficient (Wildman–Crippen LogP) is 3.56. The number of benzene rings is 2. The maximum absolute atomic E-state index is 12.6. The average molecular weight is 453 g/mol. The summed E-state index contributed by atoms with van der Waals surface area (Å²) in [7, 11) is -3.46. The predicted molar refractivity (Wildman–Crippen MR) is 107 cm³/mol. The van der Waals surface area contributed by atoms with E-state index in [1.807, 2.05) is 12.1 Å². The number of carbonyl (C=O) groups is 1. The molecule has 1 N–H and O–H groups in total. The number of halogens is 1. The first kappa shape index (κ1) is 19.9. The average Bonchev–Trinajstić information content (AvgIpc) is 3.18. The van der Waals surface area contributed by atoms with Crippen molar-refractivity contribution in [3.63, 3.8) is 0 Å². The smallest absolute Gasteiger partial charge is 0.262 e. The monoisotopic (exact) mass is 452 g/mol. The molecule has 2 aromatic rings. The normalized spacial score (nSPS) is 14.9. The van der Waals surface area contributed by atoms with E-state index >= 15 is 0 Å². The van der Waals surface area contributed by atoms with Gasteiger partial charge in [-0.15, -0.1) is 0 Å². The Labute approximate surface area is 167 Å². The highest BCUT2D eigenvalue weighted by Gasteiger charge is 2.27. The Kier molecular flexibility index (Phi) is 6.18. The number of hydrogen-bond acceptors (Lipinski definition) is 4. The van der Waals surface area contributed by atoms with Gasteiger partial charge in [0.1, 0.15) is 5.75 Å². The summed E-state index contributed by atoms with van der Waals surface area (Å²) in [6, 6.07) is 12.0. The maximum Gasteiger partial charge on any atom is 0.262 e. The third kappa shape index (κ3) is 4.88. The molecule has 1 saturated heterocycles. The van der Waals surface area contributed by atoms with E-state index in [2.05, 4.69) is 21.2 Å². The van der Waals surface area contributed by atoms with Crippen LogP contribution in [0.2, 0.25) is 0 Å². The third-order valence-corrected chi connectivity index (χ3v) is 6.76. The van der Waals surface area contributed by atoms with Gasteiger partial charge in [0, 0.05) is 23.2 Å². The summed E-state index contributed by atoms with van der Waals surface area (Å²) in [5, 5.41) is 2.74. The van der Waals surface area contributed by atoms with E-state index < -0.39 is 10.0 Å². The fourth-order valence-corrected chi connectivity index (χ4v) is 4.76. The highest BCUT2D eigenvalue weighted by molar-refractivity contribution is 9.10. The molecule has 2 aromatic carbocycles. The topological polar surface area (TPSA) is 75.7 Å². The molecule has 0 atom stereocenters. The largest absolute Gasteiger partial charge is 0.483 e. The summed E-state index contributed by atoms with van der Waals surface area (Å²) in [6.45, 7) is 2.74. The summed E-state index contributed by atoms with van der Waals surface area (Å²) >= 11 is 3.34. The van der Waals surface area contributed by atoms with Crippen molar-refractivity contribution in [3.05, 3.63) is 52.5 Å². The van der Waals surface area contributed by atoms with Gasteiger partial charge in [-0.25, -0.2) is 8.42 Å². The number of rotatable bonds is 6. The van der Waals surface area contributed by atoms with Crippen LogP contribution in [0.4, 0.5) is 5.69 Å². The summed E-state index contributed by atoms with van der Waals surface area (Å²) in [4.78, 5) is 12.3. The van der Waals surface area contributed by atoms with Crippen molar-refractivity contribution in [2.24, 2.45) is 0 Å². The Bertz CT molecular complexity index is 923. The van der Waals surface area contributed by atoms with E-state index in [0.29, 0.717) is 30.1 Å². The number of amides is 1. The number of hydrogen-bond donors (Lipinski definition) is 1. The summed E-state index contributed by atoms with van der Waals surface area (Å²) in [6.07, 6.45) is 1.79. The van der Waals surface area contributed by atoms with E-state index in [4.69, 9.17) is 4.74 Å². The first-order valence-electron chi connectivity index (χ1n) is 8.65. The molecule has 0 saturated carbocycles. The van der Waals surface area contributed by atoms with Gasteiger partial charge in [-0.05, 0) is 67.8 Å². The van der Waals surface area contributed by atoms with Crippen molar-refractivity contribution < 1.29 is 17.9 Å². The Morgan fingerprint density at radius 2 is 1.81 bits per heavy atom. The van der Waals surface area contributed by atoms with E-state index in [0.717, 1.165) is 17.3 Å². The number of sulfonamides is 1. The third-order valence-electron chi connectivity index (χ3n) is 4.34. The molecule has 0 aromatic heterocycles. The fourth-order valence-electron chi connectivity index (χ4n) is 2.90. The molecule has 27 heavy (non-hydrogen) atoms. The highest BCUT2D eigenvalue weighted by atomic mass is 79.9. The lowest BCUT2D eigenvalue weighted by Gasteiger charge is -2.17. The van der Waals surface area contributed by atoms with E-state index in [1.54, 1.807) is 31.2 Å². The van der Waals surface area contributed by atoms with Crippen molar-refractivity contribution in [1.29, 1.82) is 0 Å². The Morgan fingerprint density at radius 1 is 1.15 bits per heavy atom. The molecule has 0 radical (unpaired) electrons. The van der Waals surface area contributed by atoms with Gasteiger partial charge >= 0.3 is 0 Å². The van der Waals surface area contributed by atoms with Crippen LogP contribution >= 0.6 is 15.9 Å². The standard InChI is InChI=1S/C19H21BrN2O4S/c1-14-12-17(27(24,25)22-10-2-3-11-22)8-9-18(14)26-13-19(23)21-16-6-4-15(20)5-7-16/h4-9,12H,2-3,10-11,13H2,1H3,(H,21,23). The zero-order valence-electron chi connectivity index (χ0n) is 14.9. The van der Waals surface area contributed by atoms with Crippen molar-refractivity contribution in [2.75, 3.05) is 25.0 Å². The summed E-state index contributed by atoms with van der Waals surface area (Å²) in [5.74, 6) is 0.201. The maximum atomic E-state index is 12.6. The quantitative estimate of drug-likeness (QED) is 0.726. The van der Waals surface area contributed by atoms with Gasteiger partial charge in [-0.2, -0.15) is 4.31 Å². The second kappa shape index (κ2) is 8.41. The Balaban J connectivity index is 1.62. The van der Waals surface area contributed by atoms with Crippen LogP contribution in [0.3, 0.4) is 0 Å². The van der Waals surface area contributed by atoms with Crippen LogP contribution in [0.25, 0.3) is 0 Å². The second-order valence-corrected chi connectivity index (χ2v) is 9.24. The molecule has 8 heteroatoms. The molecular weight excluding hydrogens is 432 g/mol. The van der Waals surface area contributed by atoms with Gasteiger partial charge < -0.3 is 10.1 Å². The van der Waals surface area contributed by atoms with Crippen molar-refractivity contribution in [1.82, 2.24) is 4.31 Å². The molecule has 1 aliphatic rings. The lowest BCUT2D eigenvalue weighted by Crippen LogP contribution is -2.27. The molecule has 1 amide bonds. The van der Waals surface area contributed by atoms with Crippen LogP contribution < -0.4 is 10.1 Å². The molecule has 1 fully saturated rings. The first-order chi connectivity index (χ1) is 12.9. The highest BCUT2D eigenvalue weighted by Crippen LogP contribution is 2.26. The van der Waals surface area contributed by atoms with Crippen molar-refractivity contribution in [3.8, 4) is 5.75 Å². The zero-order valence-corrected chi connectivity index (χ0v) is 17.3. The van der Waals surface area contributed by atoms with Crippen LogP contribution in [0.15, 0.2) is 51.8 Å². The fraction of sp³-hybridized carbons (Fsp3) is 0.316. The molecule has 0 bridgehead atoms. The zero-order chi connectivity index (χ0) is 19.4. The molecule has 0 unspecified atom stereocenters. The molecule has 1 heterocycles. The van der Waals surface area contributed by atoms with Crippen LogP contribution in [-0.4, -0.2) is 38.3 Å². The van der Waals surface area contributed by atoms with Gasteiger partial charge in [-0.1, -0.05) is 15.9 Å². The van der Waals surface area contributed by atoms with Gasteiger partial charge in [0.2, 0.25) is 10.0 Å². The van der Waals surface area contributed by atoms with E-state index in [1.165, 1.54) is 10.4 Å². The number of anilines is 1. The number of ether oxygens (including phenoxy) is 1. The molecule has 1 aliphatic heterocycles. The Morgan fingerprint density at radius 3 is 2.44 bits per heavy atom. The molecule has 0 aliphatic carbocycles. The minimum Gasteiger partial charge on any atom is -0.483 e. The second-order valence-electron chi connectivity index (χ2n) is 6.38. The lowest BCUT2D eigenvalue weighted by molar-refractivity contribution is -0.118. The van der Waals surface area contributed by atoms with Gasteiger partial charge in [0.15, 0.2) is 6.61 Å². The van der Waals surface area contributed by atoms with Gasteiger partial charge in [-0.3, -0.25) is 4.79 Å². The molecule has 6 nitrogen and oxygen atoms in total. The van der Waals surface area contributed by atoms with Crippen molar-refractivity contribution in [2.45, 2.75) is 24.7 Å². The minimum atomic E-state index is -3.46. The van der Waals surface area contributed by atoms with Gasteiger partial charge in [0.25, 0.3) is 5.91 Å². The number of carbonyl (C=O) groups excluding carboxylic acids is 1. The number of nitrogens with one attached hydrogen (secondary N) is 1. The lowest BCUT2D eigenvalue weighted by atomic mass is 10.2. The number of nitrogens with zero attached hydrogens (tertiary/aromatic N) is 1. The molecule has 144 valence electrons. The van der Waals surface area contributed by atoms with E-state index in [9.17, 15) is 13.2 Å². The van der Waals surface area contributed by atoms with Crippen molar-refractivity contribution >= 4 is 37.5 Å². The van der Waals surface area contributed by atoms with Gasteiger partial charge in [0.05, 0.1) is 4.90 Å². The van der Waals surface area contributed by atoms with E-state index in [-0.39, 0.29) is 17.4 Å². The number of aryl methyl sites for hydroxylation is 1. The Hall–Kier alpha value is -1.90. The molecule has 3 rings (SSSR count). The SMILES string of the molecule is Cc1cc(S(=O)(=O)N2CCCC2)ccc1OCC(=O)Nc1ccc(Br)cc1. The van der Waals surface area contributed by atoms with Crippen LogP contribution in [-0.2, 0) is 14.8 Å². The molecule has 0 spiro atoms. The summed E-state index contributed by atoms with van der Waals surface area (Å²) < 4.78 is 33.2. The first-order valence-corrected chi connectivity index (χ1v) is 10.9. The van der Waals surface area contributed by atoms with Crippen LogP contribution in [0, 0.1) is 6.92 Å². The molecular formula is C19H21BrN2O4S. The summed E-state index contributed by atoms with van der Waals surface area (Å²) in [5.41, 5.74) is 1.35. The van der Waals surface area contributed by atoms with Crippen LogP contribution in [0.5, 0.6) is 5.75 Å². The van der Waals surface area contributed by atoms with Crippen LogP contribution in [0.1, 0.15) is 18.4 Å². The minimum absolute atomic E-state index is 0.158.